The van der Waals surface area contributed by atoms with Crippen LogP contribution in [0.5, 0.6) is 5.75 Å². The minimum absolute atomic E-state index is 0.252. The monoisotopic (exact) mass is 377 g/mol. The van der Waals surface area contributed by atoms with Gasteiger partial charge in [-0.1, -0.05) is 11.6 Å². The van der Waals surface area contributed by atoms with Crippen LogP contribution in [0, 0.1) is 6.92 Å². The molecule has 1 aromatic heterocycles. The van der Waals surface area contributed by atoms with E-state index in [0.29, 0.717) is 28.1 Å². The molecule has 8 heteroatoms. The first-order valence-corrected chi connectivity index (χ1v) is 9.64. The number of benzene rings is 2. The Labute approximate surface area is 151 Å². The van der Waals surface area contributed by atoms with Crippen molar-refractivity contribution in [2.45, 2.75) is 11.8 Å². The van der Waals surface area contributed by atoms with Crippen molar-refractivity contribution in [1.82, 2.24) is 14.8 Å². The van der Waals surface area contributed by atoms with Crippen molar-refractivity contribution < 1.29 is 13.2 Å². The molecule has 0 aliphatic heterocycles. The molecule has 0 aliphatic rings. The van der Waals surface area contributed by atoms with Crippen LogP contribution >= 0.6 is 11.6 Å². The summed E-state index contributed by atoms with van der Waals surface area (Å²) < 4.78 is 30.0. The summed E-state index contributed by atoms with van der Waals surface area (Å²) >= 11 is 6.21. The minimum atomic E-state index is -3.25. The summed E-state index contributed by atoms with van der Waals surface area (Å²) in [5.41, 5.74) is 1.48. The summed E-state index contributed by atoms with van der Waals surface area (Å²) in [6.45, 7) is 1.79. The van der Waals surface area contributed by atoms with Crippen LogP contribution in [-0.4, -0.2) is 36.5 Å². The smallest absolute Gasteiger partial charge is 0.175 e. The first kappa shape index (κ1) is 17.4. The van der Waals surface area contributed by atoms with E-state index in [9.17, 15) is 8.42 Å². The highest BCUT2D eigenvalue weighted by Crippen LogP contribution is 2.30. The number of rotatable bonds is 4. The van der Waals surface area contributed by atoms with Gasteiger partial charge in [-0.25, -0.2) is 18.1 Å². The van der Waals surface area contributed by atoms with Crippen molar-refractivity contribution in [3.05, 3.63) is 53.3 Å². The third kappa shape index (κ3) is 3.52. The fourth-order valence-corrected chi connectivity index (χ4v) is 3.31. The largest absolute Gasteiger partial charge is 0.495 e. The average molecular weight is 378 g/mol. The molecule has 0 spiro atoms. The molecule has 3 aromatic rings. The predicted octanol–water partition coefficient (Wildman–Crippen LogP) is 3.31. The van der Waals surface area contributed by atoms with Gasteiger partial charge in [-0.3, -0.25) is 0 Å². The molecule has 25 heavy (non-hydrogen) atoms. The van der Waals surface area contributed by atoms with Gasteiger partial charge in [0.2, 0.25) is 0 Å². The molecule has 0 N–H and O–H groups in total. The van der Waals surface area contributed by atoms with Crippen molar-refractivity contribution in [1.29, 1.82) is 0 Å². The molecule has 0 saturated carbocycles. The van der Waals surface area contributed by atoms with E-state index in [2.05, 4.69) is 10.1 Å². The Balaban J connectivity index is 2.09. The lowest BCUT2D eigenvalue weighted by atomic mass is 10.2. The highest BCUT2D eigenvalue weighted by atomic mass is 35.5. The zero-order valence-corrected chi connectivity index (χ0v) is 15.5. The van der Waals surface area contributed by atoms with Gasteiger partial charge in [0.25, 0.3) is 0 Å². The van der Waals surface area contributed by atoms with Gasteiger partial charge in [-0.05, 0) is 49.4 Å². The van der Waals surface area contributed by atoms with Crippen LogP contribution < -0.4 is 4.74 Å². The molecule has 0 atom stereocenters. The summed E-state index contributed by atoms with van der Waals surface area (Å²) in [5, 5.41) is 4.88. The Morgan fingerprint density at radius 3 is 2.36 bits per heavy atom. The fourth-order valence-electron chi connectivity index (χ4n) is 2.42. The number of methoxy groups -OCH3 is 1. The van der Waals surface area contributed by atoms with Crippen LogP contribution in [0.3, 0.4) is 0 Å². The van der Waals surface area contributed by atoms with E-state index in [1.54, 1.807) is 55.1 Å². The van der Waals surface area contributed by atoms with Gasteiger partial charge in [0.1, 0.15) is 11.6 Å². The molecule has 0 aliphatic carbocycles. The van der Waals surface area contributed by atoms with E-state index < -0.39 is 9.84 Å². The second-order valence-electron chi connectivity index (χ2n) is 5.51. The number of sulfone groups is 1. The van der Waals surface area contributed by atoms with Crippen molar-refractivity contribution in [2.24, 2.45) is 0 Å². The highest BCUT2D eigenvalue weighted by Gasteiger charge is 2.14. The molecule has 0 saturated heterocycles. The number of hydrogen-bond acceptors (Lipinski definition) is 5. The van der Waals surface area contributed by atoms with Crippen LogP contribution in [0.15, 0.2) is 47.4 Å². The molecule has 130 valence electrons. The number of nitrogens with zero attached hydrogens (tertiary/aromatic N) is 3. The van der Waals surface area contributed by atoms with Crippen LogP contribution in [0.4, 0.5) is 0 Å². The van der Waals surface area contributed by atoms with Crippen molar-refractivity contribution in [3.63, 3.8) is 0 Å². The minimum Gasteiger partial charge on any atom is -0.495 e. The molecule has 0 bridgehead atoms. The fraction of sp³-hybridized carbons (Fsp3) is 0.176. The third-order valence-corrected chi connectivity index (χ3v) is 5.06. The highest BCUT2D eigenvalue weighted by molar-refractivity contribution is 7.90. The van der Waals surface area contributed by atoms with Crippen LogP contribution in [-0.2, 0) is 9.84 Å². The van der Waals surface area contributed by atoms with E-state index in [0.717, 1.165) is 5.56 Å². The second kappa shape index (κ2) is 6.50. The maximum absolute atomic E-state index is 11.6. The summed E-state index contributed by atoms with van der Waals surface area (Å²) in [4.78, 5) is 4.71. The van der Waals surface area contributed by atoms with E-state index in [4.69, 9.17) is 16.3 Å². The molecule has 1 heterocycles. The van der Waals surface area contributed by atoms with Gasteiger partial charge in [-0.15, -0.1) is 0 Å². The van der Waals surface area contributed by atoms with Gasteiger partial charge >= 0.3 is 0 Å². The Bertz CT molecular complexity index is 1030. The molecule has 3 rings (SSSR count). The quantitative estimate of drug-likeness (QED) is 0.697. The Morgan fingerprint density at radius 2 is 1.80 bits per heavy atom. The predicted molar refractivity (Wildman–Crippen MR) is 96.2 cm³/mol. The first-order chi connectivity index (χ1) is 11.8. The van der Waals surface area contributed by atoms with Gasteiger partial charge in [-0.2, -0.15) is 5.10 Å². The normalized spacial score (nSPS) is 11.5. The topological polar surface area (TPSA) is 74.1 Å². The van der Waals surface area contributed by atoms with Crippen LogP contribution in [0.2, 0.25) is 5.02 Å². The average Bonchev–Trinajstić information content (AvgIpc) is 2.96. The zero-order chi connectivity index (χ0) is 18.2. The number of halogens is 1. The SMILES string of the molecule is COc1ccc(-c2nc(C)nn2-c2ccc(S(C)(=O)=O)cc2)cc1Cl. The summed E-state index contributed by atoms with van der Waals surface area (Å²) in [6, 6.07) is 11.8. The number of aromatic nitrogens is 3. The molecule has 6 nitrogen and oxygen atoms in total. The van der Waals surface area contributed by atoms with Gasteiger partial charge in [0.05, 0.1) is 22.7 Å². The van der Waals surface area contributed by atoms with Crippen molar-refractivity contribution >= 4 is 21.4 Å². The zero-order valence-electron chi connectivity index (χ0n) is 13.9. The van der Waals surface area contributed by atoms with Crippen LogP contribution in [0.1, 0.15) is 5.82 Å². The van der Waals surface area contributed by atoms with Gasteiger partial charge in [0, 0.05) is 11.8 Å². The van der Waals surface area contributed by atoms with E-state index in [1.807, 2.05) is 6.07 Å². The van der Waals surface area contributed by atoms with Crippen molar-refractivity contribution in [3.8, 4) is 22.8 Å². The summed E-state index contributed by atoms with van der Waals surface area (Å²) in [7, 11) is -1.70. The van der Waals surface area contributed by atoms with E-state index >= 15 is 0 Å². The third-order valence-electron chi connectivity index (χ3n) is 3.63. The van der Waals surface area contributed by atoms with E-state index in [-0.39, 0.29) is 4.90 Å². The maximum atomic E-state index is 11.6. The Morgan fingerprint density at radius 1 is 1.12 bits per heavy atom. The molecule has 2 aromatic carbocycles. The molecule has 0 fully saturated rings. The number of aryl methyl sites for hydroxylation is 1. The first-order valence-electron chi connectivity index (χ1n) is 7.37. The molecule has 0 unspecified atom stereocenters. The molecular weight excluding hydrogens is 362 g/mol. The Hall–Kier alpha value is -2.38. The van der Waals surface area contributed by atoms with E-state index in [1.165, 1.54) is 6.26 Å². The second-order valence-corrected chi connectivity index (χ2v) is 7.93. The lowest BCUT2D eigenvalue weighted by Gasteiger charge is -2.09. The van der Waals surface area contributed by atoms with Gasteiger partial charge < -0.3 is 4.74 Å². The maximum Gasteiger partial charge on any atom is 0.175 e. The van der Waals surface area contributed by atoms with Crippen molar-refractivity contribution in [2.75, 3.05) is 13.4 Å². The molecular formula is C17H16ClN3O3S. The molecule has 0 radical (unpaired) electrons. The number of hydrogen-bond donors (Lipinski definition) is 0. The lowest BCUT2D eigenvalue weighted by molar-refractivity contribution is 0.415. The summed E-state index contributed by atoms with van der Waals surface area (Å²) in [5.74, 6) is 1.77. The van der Waals surface area contributed by atoms with Crippen LogP contribution in [0.25, 0.3) is 17.1 Å². The standard InChI is InChI=1S/C17H16ClN3O3S/c1-11-19-17(12-4-9-16(24-2)15(18)10-12)21(20-11)13-5-7-14(8-6-13)25(3,22)23/h4-10H,1-3H3. The molecule has 0 amide bonds. The Kier molecular flexibility index (Phi) is 4.53. The summed E-state index contributed by atoms with van der Waals surface area (Å²) in [6.07, 6.45) is 1.17. The lowest BCUT2D eigenvalue weighted by Crippen LogP contribution is -2.02. The number of ether oxygens (including phenoxy) is 1. The van der Waals surface area contributed by atoms with Gasteiger partial charge in [0.15, 0.2) is 15.7 Å².